The monoisotopic (exact) mass is 272 g/mol. The van der Waals surface area contributed by atoms with Crippen molar-refractivity contribution in [2.45, 2.75) is 32.4 Å². The van der Waals surface area contributed by atoms with Crippen molar-refractivity contribution < 1.29 is 14.7 Å². The summed E-state index contributed by atoms with van der Waals surface area (Å²) in [6.45, 7) is 6.92. The molecule has 0 saturated carbocycles. The Morgan fingerprint density at radius 1 is 1.32 bits per heavy atom. The van der Waals surface area contributed by atoms with Gasteiger partial charge in [0.2, 0.25) is 5.91 Å². The number of hydrogen-bond donors (Lipinski definition) is 3. The predicted molar refractivity (Wildman–Crippen MR) is 71.5 cm³/mol. The Labute approximate surface area is 113 Å². The minimum Gasteiger partial charge on any atom is -0.392 e. The van der Waals surface area contributed by atoms with Gasteiger partial charge in [-0.2, -0.15) is 0 Å². The number of carbonyl (C=O) groups is 2. The van der Waals surface area contributed by atoms with Gasteiger partial charge in [-0.05, 0) is 13.3 Å². The third-order valence-corrected chi connectivity index (χ3v) is 3.35. The van der Waals surface area contributed by atoms with E-state index in [2.05, 4.69) is 10.2 Å². The van der Waals surface area contributed by atoms with Gasteiger partial charge < -0.3 is 21.1 Å². The minimum absolute atomic E-state index is 0.116. The Balaban J connectivity index is 2.36. The number of nitrogens with zero attached hydrogens (tertiary/aromatic N) is 2. The van der Waals surface area contributed by atoms with Gasteiger partial charge in [0.1, 0.15) is 6.04 Å². The number of urea groups is 1. The standard InChI is InChI=1S/C12H24N4O3/c1-3-10(17)8-15-4-6-16(7-5-15)11(18)9(2)14-12(13)19/h9-10,17H,3-8H2,1-2H3,(H3,13,14,19)/t9-,10+/m1/s1. The smallest absolute Gasteiger partial charge is 0.312 e. The van der Waals surface area contributed by atoms with E-state index in [9.17, 15) is 14.7 Å². The van der Waals surface area contributed by atoms with E-state index < -0.39 is 12.1 Å². The van der Waals surface area contributed by atoms with Crippen LogP contribution in [0.4, 0.5) is 4.79 Å². The zero-order chi connectivity index (χ0) is 14.4. The van der Waals surface area contributed by atoms with Crippen LogP contribution in [0.15, 0.2) is 0 Å². The molecule has 0 aliphatic carbocycles. The van der Waals surface area contributed by atoms with Gasteiger partial charge in [-0.3, -0.25) is 9.69 Å². The number of primary amides is 1. The average molecular weight is 272 g/mol. The van der Waals surface area contributed by atoms with Crippen LogP contribution in [0.2, 0.25) is 0 Å². The van der Waals surface area contributed by atoms with Crippen molar-refractivity contribution in [3.05, 3.63) is 0 Å². The van der Waals surface area contributed by atoms with E-state index in [1.54, 1.807) is 11.8 Å². The second-order valence-corrected chi connectivity index (χ2v) is 4.92. The predicted octanol–water partition coefficient (Wildman–Crippen LogP) is -1.04. The molecular formula is C12H24N4O3. The van der Waals surface area contributed by atoms with Crippen LogP contribution in [-0.2, 0) is 4.79 Å². The van der Waals surface area contributed by atoms with Crippen molar-refractivity contribution in [2.24, 2.45) is 5.73 Å². The number of amides is 3. The van der Waals surface area contributed by atoms with E-state index in [1.165, 1.54) is 0 Å². The molecule has 4 N–H and O–H groups in total. The lowest BCUT2D eigenvalue weighted by molar-refractivity contribution is -0.134. The molecule has 0 unspecified atom stereocenters. The molecule has 0 radical (unpaired) electrons. The summed E-state index contributed by atoms with van der Waals surface area (Å²) in [4.78, 5) is 26.6. The van der Waals surface area contributed by atoms with Crippen LogP contribution >= 0.6 is 0 Å². The second kappa shape index (κ2) is 7.30. The number of nitrogens with two attached hydrogens (primary N) is 1. The molecule has 2 atom stereocenters. The molecule has 3 amide bonds. The van der Waals surface area contributed by atoms with Crippen LogP contribution in [0.3, 0.4) is 0 Å². The first kappa shape index (κ1) is 15.7. The molecular weight excluding hydrogens is 248 g/mol. The summed E-state index contributed by atoms with van der Waals surface area (Å²) in [5.41, 5.74) is 5.00. The molecule has 7 nitrogen and oxygen atoms in total. The molecule has 1 aliphatic rings. The van der Waals surface area contributed by atoms with Crippen LogP contribution < -0.4 is 11.1 Å². The van der Waals surface area contributed by atoms with Gasteiger partial charge in [-0.1, -0.05) is 6.92 Å². The largest absolute Gasteiger partial charge is 0.392 e. The number of rotatable bonds is 5. The lowest BCUT2D eigenvalue weighted by Gasteiger charge is -2.36. The zero-order valence-corrected chi connectivity index (χ0v) is 11.6. The Morgan fingerprint density at radius 3 is 2.37 bits per heavy atom. The van der Waals surface area contributed by atoms with E-state index in [1.807, 2.05) is 6.92 Å². The molecule has 110 valence electrons. The number of aliphatic hydroxyl groups excluding tert-OH is 1. The molecule has 1 aliphatic heterocycles. The van der Waals surface area contributed by atoms with Gasteiger partial charge in [0, 0.05) is 32.7 Å². The highest BCUT2D eigenvalue weighted by Crippen LogP contribution is 2.06. The molecule has 0 aromatic heterocycles. The van der Waals surface area contributed by atoms with Gasteiger partial charge in [0.05, 0.1) is 6.10 Å². The second-order valence-electron chi connectivity index (χ2n) is 4.92. The summed E-state index contributed by atoms with van der Waals surface area (Å²) in [5, 5.41) is 12.0. The zero-order valence-electron chi connectivity index (χ0n) is 11.6. The number of nitrogens with one attached hydrogen (secondary N) is 1. The molecule has 0 aromatic carbocycles. The number of aliphatic hydroxyl groups is 1. The molecule has 1 heterocycles. The number of hydrogen-bond acceptors (Lipinski definition) is 4. The van der Waals surface area contributed by atoms with E-state index >= 15 is 0 Å². The minimum atomic E-state index is -0.689. The third kappa shape index (κ3) is 5.04. The SMILES string of the molecule is CC[C@H](O)CN1CCN(C(=O)[C@@H](C)NC(N)=O)CC1. The lowest BCUT2D eigenvalue weighted by atomic mass is 10.2. The van der Waals surface area contributed by atoms with Crippen LogP contribution in [-0.4, -0.2) is 71.7 Å². The highest BCUT2D eigenvalue weighted by Gasteiger charge is 2.25. The molecule has 0 bridgehead atoms. The van der Waals surface area contributed by atoms with E-state index in [0.717, 1.165) is 19.5 Å². The van der Waals surface area contributed by atoms with Crippen LogP contribution in [0.1, 0.15) is 20.3 Å². The van der Waals surface area contributed by atoms with Crippen molar-refractivity contribution in [3.63, 3.8) is 0 Å². The van der Waals surface area contributed by atoms with Crippen molar-refractivity contribution in [1.29, 1.82) is 0 Å². The lowest BCUT2D eigenvalue weighted by Crippen LogP contribution is -2.55. The molecule has 19 heavy (non-hydrogen) atoms. The maximum Gasteiger partial charge on any atom is 0.312 e. The van der Waals surface area contributed by atoms with E-state index in [4.69, 9.17) is 5.73 Å². The van der Waals surface area contributed by atoms with E-state index in [-0.39, 0.29) is 12.0 Å². The van der Waals surface area contributed by atoms with Crippen molar-refractivity contribution in [3.8, 4) is 0 Å². The molecule has 0 aromatic rings. The maximum absolute atomic E-state index is 12.0. The summed E-state index contributed by atoms with van der Waals surface area (Å²) in [6.07, 6.45) is 0.427. The quantitative estimate of drug-likeness (QED) is 0.595. The first-order valence-corrected chi connectivity index (χ1v) is 6.69. The van der Waals surface area contributed by atoms with E-state index in [0.29, 0.717) is 19.6 Å². The number of β-amino-alcohol motifs (C(OH)–C–C–N with tert-alkyl or cyclic N) is 1. The highest BCUT2D eigenvalue weighted by molar-refractivity contribution is 5.86. The Morgan fingerprint density at radius 2 is 1.89 bits per heavy atom. The molecule has 1 rings (SSSR count). The summed E-state index contributed by atoms with van der Waals surface area (Å²) in [6, 6.07) is -1.28. The fraction of sp³-hybridized carbons (Fsp3) is 0.833. The normalized spacial score (nSPS) is 19.8. The van der Waals surface area contributed by atoms with Crippen molar-refractivity contribution >= 4 is 11.9 Å². The maximum atomic E-state index is 12.0. The van der Waals surface area contributed by atoms with Gasteiger partial charge in [-0.25, -0.2) is 4.79 Å². The Kier molecular flexibility index (Phi) is 6.04. The first-order valence-electron chi connectivity index (χ1n) is 6.69. The fourth-order valence-corrected chi connectivity index (χ4v) is 2.13. The topological polar surface area (TPSA) is 98.9 Å². The van der Waals surface area contributed by atoms with Gasteiger partial charge in [0.25, 0.3) is 0 Å². The molecule has 7 heteroatoms. The third-order valence-electron chi connectivity index (χ3n) is 3.35. The Hall–Kier alpha value is -1.34. The summed E-state index contributed by atoms with van der Waals surface area (Å²) in [5.74, 6) is -0.116. The van der Waals surface area contributed by atoms with Gasteiger partial charge in [0.15, 0.2) is 0 Å². The fourth-order valence-electron chi connectivity index (χ4n) is 2.13. The Bertz CT molecular complexity index is 316. The first-order chi connectivity index (χ1) is 8.93. The van der Waals surface area contributed by atoms with Gasteiger partial charge >= 0.3 is 6.03 Å². The molecule has 1 saturated heterocycles. The molecule has 0 spiro atoms. The number of carbonyl (C=O) groups excluding carboxylic acids is 2. The van der Waals surface area contributed by atoms with Crippen LogP contribution in [0, 0.1) is 0 Å². The van der Waals surface area contributed by atoms with Crippen LogP contribution in [0.5, 0.6) is 0 Å². The van der Waals surface area contributed by atoms with Crippen molar-refractivity contribution in [1.82, 2.24) is 15.1 Å². The summed E-state index contributed by atoms with van der Waals surface area (Å²) >= 11 is 0. The summed E-state index contributed by atoms with van der Waals surface area (Å²) < 4.78 is 0. The number of piperazine rings is 1. The average Bonchev–Trinajstić information content (AvgIpc) is 2.37. The van der Waals surface area contributed by atoms with Crippen molar-refractivity contribution in [2.75, 3.05) is 32.7 Å². The van der Waals surface area contributed by atoms with Gasteiger partial charge in [-0.15, -0.1) is 0 Å². The van der Waals surface area contributed by atoms with Crippen LogP contribution in [0.25, 0.3) is 0 Å². The summed E-state index contributed by atoms with van der Waals surface area (Å²) in [7, 11) is 0. The highest BCUT2D eigenvalue weighted by atomic mass is 16.3. The molecule has 1 fully saturated rings.